The number of nitro groups is 1. The molecule has 3 rings (SSSR count). The molecule has 2 fully saturated rings. The van der Waals surface area contributed by atoms with Gasteiger partial charge in [-0.3, -0.25) is 10.1 Å². The van der Waals surface area contributed by atoms with Crippen molar-refractivity contribution in [2.45, 2.75) is 25.8 Å². The Bertz CT molecular complexity index is 535. The quantitative estimate of drug-likeness (QED) is 0.664. The SMILES string of the molecule is Cc1cc(N2CC3CCCNC3C2)c(Br)cc1[N+](=O)[O-]. The van der Waals surface area contributed by atoms with Crippen molar-refractivity contribution in [3.05, 3.63) is 32.3 Å². The van der Waals surface area contributed by atoms with Crippen molar-refractivity contribution in [2.24, 2.45) is 5.92 Å². The lowest BCUT2D eigenvalue weighted by Crippen LogP contribution is -2.40. The second-order valence-electron chi connectivity index (χ2n) is 5.72. The van der Waals surface area contributed by atoms with Crippen LogP contribution >= 0.6 is 15.9 Å². The first kappa shape index (κ1) is 13.8. The minimum Gasteiger partial charge on any atom is -0.369 e. The molecule has 0 spiro atoms. The average Bonchev–Trinajstić information content (AvgIpc) is 2.84. The summed E-state index contributed by atoms with van der Waals surface area (Å²) < 4.78 is 0.813. The van der Waals surface area contributed by atoms with Crippen LogP contribution in [0.3, 0.4) is 0 Å². The van der Waals surface area contributed by atoms with E-state index >= 15 is 0 Å². The fourth-order valence-electron chi connectivity index (χ4n) is 3.34. The largest absolute Gasteiger partial charge is 0.369 e. The molecule has 0 bridgehead atoms. The van der Waals surface area contributed by atoms with Crippen LogP contribution in [0.4, 0.5) is 11.4 Å². The highest BCUT2D eigenvalue weighted by Gasteiger charge is 2.35. The van der Waals surface area contributed by atoms with Gasteiger partial charge in [0.1, 0.15) is 0 Å². The van der Waals surface area contributed by atoms with E-state index in [-0.39, 0.29) is 10.6 Å². The molecule has 2 unspecified atom stereocenters. The molecule has 2 atom stereocenters. The third kappa shape index (κ3) is 2.42. The summed E-state index contributed by atoms with van der Waals surface area (Å²) in [6, 6.07) is 4.12. The van der Waals surface area contributed by atoms with E-state index < -0.39 is 0 Å². The summed E-state index contributed by atoms with van der Waals surface area (Å²) >= 11 is 3.49. The van der Waals surface area contributed by atoms with Gasteiger partial charge < -0.3 is 10.2 Å². The van der Waals surface area contributed by atoms with Gasteiger partial charge in [-0.05, 0) is 54.2 Å². The van der Waals surface area contributed by atoms with Gasteiger partial charge in [0.05, 0.1) is 10.6 Å². The number of aryl methyl sites for hydroxylation is 1. The second kappa shape index (κ2) is 5.33. The molecule has 2 aliphatic rings. The van der Waals surface area contributed by atoms with Crippen LogP contribution in [0.1, 0.15) is 18.4 Å². The number of hydrogen-bond donors (Lipinski definition) is 1. The monoisotopic (exact) mass is 339 g/mol. The van der Waals surface area contributed by atoms with E-state index in [2.05, 4.69) is 26.1 Å². The molecule has 2 aliphatic heterocycles. The molecule has 6 heteroatoms. The molecule has 0 amide bonds. The molecule has 108 valence electrons. The van der Waals surface area contributed by atoms with Crippen LogP contribution in [0, 0.1) is 23.0 Å². The third-order valence-electron chi connectivity index (χ3n) is 4.40. The van der Waals surface area contributed by atoms with Crippen LogP contribution in [-0.4, -0.2) is 30.6 Å². The predicted octanol–water partition coefficient (Wildman–Crippen LogP) is 2.85. The fourth-order valence-corrected chi connectivity index (χ4v) is 3.92. The minimum atomic E-state index is -0.324. The highest BCUT2D eigenvalue weighted by Crippen LogP contribution is 2.37. The van der Waals surface area contributed by atoms with Gasteiger partial charge in [0.2, 0.25) is 0 Å². The zero-order chi connectivity index (χ0) is 14.3. The van der Waals surface area contributed by atoms with Gasteiger partial charge in [-0.15, -0.1) is 0 Å². The van der Waals surface area contributed by atoms with Crippen molar-refractivity contribution in [3.63, 3.8) is 0 Å². The lowest BCUT2D eigenvalue weighted by molar-refractivity contribution is -0.385. The Kier molecular flexibility index (Phi) is 3.69. The summed E-state index contributed by atoms with van der Waals surface area (Å²) in [4.78, 5) is 13.0. The molecule has 0 radical (unpaired) electrons. The Balaban J connectivity index is 1.87. The van der Waals surface area contributed by atoms with Crippen LogP contribution in [-0.2, 0) is 0 Å². The molecule has 20 heavy (non-hydrogen) atoms. The van der Waals surface area contributed by atoms with Gasteiger partial charge in [0.15, 0.2) is 0 Å². The summed E-state index contributed by atoms with van der Waals surface area (Å²) in [5.41, 5.74) is 1.97. The zero-order valence-corrected chi connectivity index (χ0v) is 13.0. The predicted molar refractivity (Wildman–Crippen MR) is 82.3 cm³/mol. The number of nitrogens with zero attached hydrogens (tertiary/aromatic N) is 2. The van der Waals surface area contributed by atoms with Gasteiger partial charge in [0.25, 0.3) is 5.69 Å². The molecular weight excluding hydrogens is 322 g/mol. The van der Waals surface area contributed by atoms with Crippen molar-refractivity contribution in [3.8, 4) is 0 Å². The number of halogens is 1. The number of rotatable bonds is 2. The van der Waals surface area contributed by atoms with Crippen LogP contribution in [0.5, 0.6) is 0 Å². The van der Waals surface area contributed by atoms with Crippen molar-refractivity contribution >= 4 is 27.3 Å². The van der Waals surface area contributed by atoms with Gasteiger partial charge in [0, 0.05) is 35.2 Å². The lowest BCUT2D eigenvalue weighted by atomic mass is 9.94. The molecule has 0 aromatic heterocycles. The summed E-state index contributed by atoms with van der Waals surface area (Å²) in [6.07, 6.45) is 2.52. The number of nitro benzene ring substituents is 1. The first-order valence-electron chi connectivity index (χ1n) is 6.99. The lowest BCUT2D eigenvalue weighted by Gasteiger charge is -2.24. The van der Waals surface area contributed by atoms with Crippen LogP contribution < -0.4 is 10.2 Å². The molecule has 2 saturated heterocycles. The molecule has 0 aliphatic carbocycles. The summed E-state index contributed by atoms with van der Waals surface area (Å²) in [5.74, 6) is 0.700. The van der Waals surface area contributed by atoms with E-state index in [1.165, 1.54) is 12.8 Å². The summed E-state index contributed by atoms with van der Waals surface area (Å²) in [6.45, 7) is 4.93. The Morgan fingerprint density at radius 1 is 1.45 bits per heavy atom. The third-order valence-corrected chi connectivity index (χ3v) is 5.04. The molecule has 1 aromatic rings. The standard InChI is InChI=1S/C14H18BrN3O2/c1-9-5-14(11(15)6-13(9)18(19)20)17-7-10-3-2-4-16-12(10)8-17/h5-6,10,12,16H,2-4,7-8H2,1H3. The number of benzene rings is 1. The van der Waals surface area contributed by atoms with E-state index in [4.69, 9.17) is 0 Å². The molecule has 1 N–H and O–H groups in total. The van der Waals surface area contributed by atoms with Crippen molar-refractivity contribution < 1.29 is 4.92 Å². The maximum atomic E-state index is 11.0. The highest BCUT2D eigenvalue weighted by atomic mass is 79.9. The van der Waals surface area contributed by atoms with Gasteiger partial charge in [-0.25, -0.2) is 0 Å². The Hall–Kier alpha value is -1.14. The van der Waals surface area contributed by atoms with Gasteiger partial charge >= 0.3 is 0 Å². The molecular formula is C14H18BrN3O2. The van der Waals surface area contributed by atoms with Crippen LogP contribution in [0.2, 0.25) is 0 Å². The fraction of sp³-hybridized carbons (Fsp3) is 0.571. The number of fused-ring (bicyclic) bond motifs is 1. The number of anilines is 1. The average molecular weight is 340 g/mol. The second-order valence-corrected chi connectivity index (χ2v) is 6.57. The van der Waals surface area contributed by atoms with Crippen molar-refractivity contribution in [2.75, 3.05) is 24.5 Å². The zero-order valence-electron chi connectivity index (χ0n) is 11.4. The molecule has 5 nitrogen and oxygen atoms in total. The van der Waals surface area contributed by atoms with Crippen molar-refractivity contribution in [1.82, 2.24) is 5.32 Å². The van der Waals surface area contributed by atoms with Gasteiger partial charge in [-0.1, -0.05) is 0 Å². The minimum absolute atomic E-state index is 0.176. The number of hydrogen-bond acceptors (Lipinski definition) is 4. The highest BCUT2D eigenvalue weighted by molar-refractivity contribution is 9.10. The molecule has 1 aromatic carbocycles. The number of nitrogens with one attached hydrogen (secondary N) is 1. The first-order valence-corrected chi connectivity index (χ1v) is 7.78. The smallest absolute Gasteiger partial charge is 0.273 e. The maximum absolute atomic E-state index is 11.0. The van der Waals surface area contributed by atoms with E-state index in [9.17, 15) is 10.1 Å². The molecule has 0 saturated carbocycles. The van der Waals surface area contributed by atoms with Crippen molar-refractivity contribution in [1.29, 1.82) is 0 Å². The molecule has 2 heterocycles. The normalized spacial score (nSPS) is 25.6. The Morgan fingerprint density at radius 3 is 2.95 bits per heavy atom. The van der Waals surface area contributed by atoms with E-state index in [1.54, 1.807) is 13.0 Å². The summed E-state index contributed by atoms with van der Waals surface area (Å²) in [7, 11) is 0. The van der Waals surface area contributed by atoms with E-state index in [0.29, 0.717) is 12.0 Å². The first-order chi connectivity index (χ1) is 9.56. The maximum Gasteiger partial charge on any atom is 0.273 e. The van der Waals surface area contributed by atoms with E-state index in [1.807, 2.05) is 6.07 Å². The van der Waals surface area contributed by atoms with E-state index in [0.717, 1.165) is 35.4 Å². The Morgan fingerprint density at radius 2 is 2.25 bits per heavy atom. The topological polar surface area (TPSA) is 58.4 Å². The summed E-state index contributed by atoms with van der Waals surface area (Å²) in [5, 5.41) is 14.6. The Labute approximate surface area is 126 Å². The van der Waals surface area contributed by atoms with Crippen LogP contribution in [0.25, 0.3) is 0 Å². The van der Waals surface area contributed by atoms with Gasteiger partial charge in [-0.2, -0.15) is 0 Å². The van der Waals surface area contributed by atoms with Crippen LogP contribution in [0.15, 0.2) is 16.6 Å². The number of piperidine rings is 1.